The minimum absolute atomic E-state index is 0.0410. The van der Waals surface area contributed by atoms with Crippen LogP contribution < -0.4 is 24.3 Å². The summed E-state index contributed by atoms with van der Waals surface area (Å²) in [5.74, 6) is 1.16. The van der Waals surface area contributed by atoms with Crippen LogP contribution in [0.2, 0.25) is 0 Å². The first kappa shape index (κ1) is 35.2. The molecule has 3 rings (SSSR count). The summed E-state index contributed by atoms with van der Waals surface area (Å²) in [6, 6.07) is 7.93. The molecule has 3 unspecified atom stereocenters. The highest BCUT2D eigenvalue weighted by atomic mass is 127. The van der Waals surface area contributed by atoms with Gasteiger partial charge in [-0.25, -0.2) is 0 Å². The quantitative estimate of drug-likeness (QED) is 0.171. The Morgan fingerprint density at radius 3 is 2.41 bits per heavy atom. The van der Waals surface area contributed by atoms with E-state index in [4.69, 9.17) is 18.9 Å². The molecule has 240 valence electrons. The van der Waals surface area contributed by atoms with Crippen molar-refractivity contribution in [2.75, 3.05) is 41.0 Å². The molecular formula is C32H41IN2O9. The van der Waals surface area contributed by atoms with E-state index >= 15 is 0 Å². The largest absolute Gasteiger partial charge is 0.497 e. The van der Waals surface area contributed by atoms with Crippen LogP contribution in [0, 0.1) is 3.57 Å². The molecule has 0 fully saturated rings. The van der Waals surface area contributed by atoms with Gasteiger partial charge in [-0.1, -0.05) is 5.57 Å². The molecule has 0 saturated heterocycles. The molecule has 1 aliphatic carbocycles. The van der Waals surface area contributed by atoms with Crippen molar-refractivity contribution in [3.8, 4) is 23.0 Å². The lowest BCUT2D eigenvalue weighted by molar-refractivity contribution is -0.133. The molecule has 0 saturated carbocycles. The summed E-state index contributed by atoms with van der Waals surface area (Å²) >= 11 is 2.05. The van der Waals surface area contributed by atoms with Gasteiger partial charge in [0.25, 0.3) is 0 Å². The molecule has 3 atom stereocenters. The first-order chi connectivity index (χ1) is 21.1. The van der Waals surface area contributed by atoms with Crippen molar-refractivity contribution in [3.05, 3.63) is 68.3 Å². The van der Waals surface area contributed by atoms with Gasteiger partial charge in [0.2, 0.25) is 11.8 Å². The third kappa shape index (κ3) is 8.87. The highest BCUT2D eigenvalue weighted by Crippen LogP contribution is 2.37. The van der Waals surface area contributed by atoms with Crippen molar-refractivity contribution in [2.24, 2.45) is 0 Å². The Hall–Kier alpha value is -3.33. The molecule has 0 aliphatic heterocycles. The fourth-order valence-electron chi connectivity index (χ4n) is 4.98. The van der Waals surface area contributed by atoms with Gasteiger partial charge in [0.1, 0.15) is 23.7 Å². The number of halogens is 1. The fraction of sp³-hybridized carbons (Fsp3) is 0.438. The molecule has 4 N–H and O–H groups in total. The lowest BCUT2D eigenvalue weighted by Crippen LogP contribution is -2.55. The molecule has 2 aromatic carbocycles. The number of aliphatic hydroxyl groups is 3. The van der Waals surface area contributed by atoms with Crippen LogP contribution in [-0.4, -0.2) is 91.3 Å². The first-order valence-electron chi connectivity index (χ1n) is 14.1. The minimum atomic E-state index is -1.23. The molecular weight excluding hydrogens is 683 g/mol. The lowest BCUT2D eigenvalue weighted by atomic mass is 9.87. The highest BCUT2D eigenvalue weighted by Gasteiger charge is 2.40. The summed E-state index contributed by atoms with van der Waals surface area (Å²) in [5.41, 5.74) is 2.50. The predicted molar refractivity (Wildman–Crippen MR) is 173 cm³/mol. The number of nitrogens with one attached hydrogen (secondary N) is 1. The van der Waals surface area contributed by atoms with Gasteiger partial charge in [-0.05, 0) is 90.4 Å². The van der Waals surface area contributed by atoms with Crippen molar-refractivity contribution in [1.82, 2.24) is 10.2 Å². The Kier molecular flexibility index (Phi) is 13.3. The van der Waals surface area contributed by atoms with Gasteiger partial charge in [-0.3, -0.25) is 9.59 Å². The number of allylic oxidation sites excluding steroid dienone is 1. The fourth-order valence-corrected chi connectivity index (χ4v) is 5.77. The predicted octanol–water partition coefficient (Wildman–Crippen LogP) is 2.76. The van der Waals surface area contributed by atoms with E-state index in [1.807, 2.05) is 19.9 Å². The molecule has 0 heterocycles. The number of aliphatic hydroxyl groups excluding tert-OH is 3. The smallest absolute Gasteiger partial charge is 0.247 e. The second-order valence-corrected chi connectivity index (χ2v) is 11.6. The van der Waals surface area contributed by atoms with Crippen LogP contribution in [0.25, 0.3) is 0 Å². The molecule has 1 aliphatic rings. The van der Waals surface area contributed by atoms with E-state index in [0.717, 1.165) is 11.1 Å². The number of carbonyl (C=O) groups is 2. The summed E-state index contributed by atoms with van der Waals surface area (Å²) in [7, 11) is 4.60. The van der Waals surface area contributed by atoms with Crippen LogP contribution in [0.4, 0.5) is 0 Å². The maximum atomic E-state index is 13.7. The van der Waals surface area contributed by atoms with E-state index in [1.165, 1.54) is 19.3 Å². The minimum Gasteiger partial charge on any atom is -0.497 e. The topological polar surface area (TPSA) is 147 Å². The van der Waals surface area contributed by atoms with Crippen LogP contribution >= 0.6 is 22.6 Å². The maximum Gasteiger partial charge on any atom is 0.247 e. The lowest BCUT2D eigenvalue weighted by Gasteiger charge is -2.40. The second-order valence-electron chi connectivity index (χ2n) is 10.5. The number of amides is 2. The number of nitrogens with zero attached hydrogens (tertiary/aromatic N) is 1. The Balaban J connectivity index is 2.05. The Morgan fingerprint density at radius 2 is 1.80 bits per heavy atom. The van der Waals surface area contributed by atoms with Crippen molar-refractivity contribution in [2.45, 2.75) is 51.5 Å². The van der Waals surface area contributed by atoms with E-state index in [-0.39, 0.29) is 38.6 Å². The zero-order valence-electron chi connectivity index (χ0n) is 25.6. The SMILES string of the molecule is COc1ccc(OC)c(CCN(C(=O)C=C(C)C)C2CC(C(=O)NCCO)=CC(Oc3c(I)cc(CO)cc3OC)C2O)c1. The van der Waals surface area contributed by atoms with Crippen LogP contribution in [-0.2, 0) is 22.6 Å². The Morgan fingerprint density at radius 1 is 1.07 bits per heavy atom. The number of hydrogen-bond acceptors (Lipinski definition) is 9. The summed E-state index contributed by atoms with van der Waals surface area (Å²) in [4.78, 5) is 28.4. The Labute approximate surface area is 271 Å². The van der Waals surface area contributed by atoms with Crippen LogP contribution in [0.5, 0.6) is 23.0 Å². The number of hydrogen-bond donors (Lipinski definition) is 4. The summed E-state index contributed by atoms with van der Waals surface area (Å²) in [6.45, 7) is 3.41. The molecule has 0 bridgehead atoms. The summed E-state index contributed by atoms with van der Waals surface area (Å²) in [5, 5.41) is 33.4. The number of benzene rings is 2. The monoisotopic (exact) mass is 724 g/mol. The first-order valence-corrected chi connectivity index (χ1v) is 15.2. The van der Waals surface area contributed by atoms with E-state index in [1.54, 1.807) is 43.4 Å². The Bertz CT molecular complexity index is 1370. The normalized spacial score (nSPS) is 17.7. The average molecular weight is 725 g/mol. The average Bonchev–Trinajstić information content (AvgIpc) is 3.01. The third-order valence-corrected chi connectivity index (χ3v) is 7.95. The van der Waals surface area contributed by atoms with Gasteiger partial charge in [-0.15, -0.1) is 0 Å². The second kappa shape index (κ2) is 16.7. The third-order valence-electron chi connectivity index (χ3n) is 7.15. The summed E-state index contributed by atoms with van der Waals surface area (Å²) in [6.07, 6.45) is 1.19. The van der Waals surface area contributed by atoms with Crippen molar-refractivity contribution in [3.63, 3.8) is 0 Å². The molecule has 2 amide bonds. The van der Waals surface area contributed by atoms with Crippen molar-refractivity contribution < 1.29 is 43.9 Å². The summed E-state index contributed by atoms with van der Waals surface area (Å²) < 4.78 is 23.4. The molecule has 44 heavy (non-hydrogen) atoms. The molecule has 11 nitrogen and oxygen atoms in total. The van der Waals surface area contributed by atoms with E-state index < -0.39 is 24.2 Å². The number of ether oxygens (including phenoxy) is 4. The molecule has 12 heteroatoms. The van der Waals surface area contributed by atoms with Gasteiger partial charge < -0.3 is 44.5 Å². The van der Waals surface area contributed by atoms with Gasteiger partial charge >= 0.3 is 0 Å². The molecule has 2 aromatic rings. The van der Waals surface area contributed by atoms with Gasteiger partial charge in [0, 0.05) is 31.2 Å². The van der Waals surface area contributed by atoms with Crippen LogP contribution in [0.1, 0.15) is 31.4 Å². The van der Waals surface area contributed by atoms with Gasteiger partial charge in [0.15, 0.2) is 11.5 Å². The van der Waals surface area contributed by atoms with Crippen LogP contribution in [0.3, 0.4) is 0 Å². The zero-order valence-corrected chi connectivity index (χ0v) is 27.8. The molecule has 0 radical (unpaired) electrons. The van der Waals surface area contributed by atoms with Crippen molar-refractivity contribution in [1.29, 1.82) is 0 Å². The standard InChI is InChI=1S/C32H41IN2O9/c1-19(2)12-29(38)35(10-8-21-15-23(41-3)6-7-26(21)42-4)25-16-22(32(40)34-9-11-36)17-27(30(25)39)44-31-24(33)13-20(18-37)14-28(31)43-5/h6-7,12-15,17,25,27,30,36-37,39H,8-11,16,18H2,1-5H3,(H,34,40). The molecule has 0 spiro atoms. The number of methoxy groups -OCH3 is 3. The van der Waals surface area contributed by atoms with Crippen LogP contribution in [0.15, 0.2) is 53.6 Å². The van der Waals surface area contributed by atoms with Gasteiger partial charge in [-0.2, -0.15) is 0 Å². The zero-order chi connectivity index (χ0) is 32.4. The molecule has 0 aromatic heterocycles. The highest BCUT2D eigenvalue weighted by molar-refractivity contribution is 14.1. The number of rotatable bonds is 14. The van der Waals surface area contributed by atoms with E-state index in [0.29, 0.717) is 44.1 Å². The van der Waals surface area contributed by atoms with E-state index in [9.17, 15) is 24.9 Å². The maximum absolute atomic E-state index is 13.7. The van der Waals surface area contributed by atoms with Gasteiger partial charge in [0.05, 0.1) is 44.2 Å². The number of carbonyl (C=O) groups excluding carboxylic acids is 2. The van der Waals surface area contributed by atoms with Crippen molar-refractivity contribution >= 4 is 34.4 Å². The van der Waals surface area contributed by atoms with E-state index in [2.05, 4.69) is 27.9 Å².